The minimum Gasteiger partial charge on any atom is -0.327 e. The first-order chi connectivity index (χ1) is 7.41. The van der Waals surface area contributed by atoms with Crippen LogP contribution in [0.3, 0.4) is 0 Å². The van der Waals surface area contributed by atoms with Crippen molar-refractivity contribution in [3.63, 3.8) is 0 Å². The molecule has 0 aromatic heterocycles. The summed E-state index contributed by atoms with van der Waals surface area (Å²) in [5, 5.41) is 2.36. The maximum Gasteiger partial charge on any atom is 0.228 e. The van der Waals surface area contributed by atoms with Gasteiger partial charge in [0.2, 0.25) is 5.91 Å². The van der Waals surface area contributed by atoms with Crippen LogP contribution in [0.2, 0.25) is 0 Å². The first kappa shape index (κ1) is 15.8. The molecule has 0 saturated heterocycles. The molecule has 0 saturated carbocycles. The highest BCUT2D eigenvalue weighted by Crippen LogP contribution is 2.16. The highest BCUT2D eigenvalue weighted by molar-refractivity contribution is 5.92. The smallest absolute Gasteiger partial charge is 0.228 e. The van der Waals surface area contributed by atoms with Crippen molar-refractivity contribution >= 4 is 24.0 Å². The molecule has 1 rings (SSSR count). The summed E-state index contributed by atoms with van der Waals surface area (Å²) in [6, 6.07) is 2.64. The van der Waals surface area contributed by atoms with Crippen LogP contribution in [0, 0.1) is 17.6 Å². The third-order valence-electron chi connectivity index (χ3n) is 2.39. The van der Waals surface area contributed by atoms with Crippen molar-refractivity contribution in [2.45, 2.75) is 19.9 Å². The van der Waals surface area contributed by atoms with Gasteiger partial charge in [0.25, 0.3) is 0 Å². The Bertz CT molecular complexity index is 399. The van der Waals surface area contributed by atoms with Gasteiger partial charge in [0, 0.05) is 12.1 Å². The van der Waals surface area contributed by atoms with Crippen LogP contribution >= 0.6 is 12.4 Å². The van der Waals surface area contributed by atoms with Gasteiger partial charge in [-0.1, -0.05) is 6.92 Å². The minimum absolute atomic E-state index is 0. The number of halogens is 3. The molecule has 2 unspecified atom stereocenters. The molecule has 1 amide bonds. The molecule has 0 bridgehead atoms. The second-order valence-electron chi connectivity index (χ2n) is 3.76. The Labute approximate surface area is 105 Å². The average Bonchev–Trinajstić information content (AvgIpc) is 2.20. The van der Waals surface area contributed by atoms with E-state index in [0.29, 0.717) is 6.07 Å². The zero-order valence-electron chi connectivity index (χ0n) is 9.54. The molecule has 0 fully saturated rings. The SMILES string of the molecule is CC(N)C(C)C(=O)Nc1ccc(F)cc1F.Cl. The van der Waals surface area contributed by atoms with Gasteiger partial charge < -0.3 is 11.1 Å². The van der Waals surface area contributed by atoms with Crippen LogP contribution in [0.15, 0.2) is 18.2 Å². The topological polar surface area (TPSA) is 55.1 Å². The van der Waals surface area contributed by atoms with E-state index in [4.69, 9.17) is 5.73 Å². The van der Waals surface area contributed by atoms with Crippen LogP contribution in [-0.2, 0) is 4.79 Å². The van der Waals surface area contributed by atoms with E-state index < -0.39 is 17.6 Å². The summed E-state index contributed by atoms with van der Waals surface area (Å²) in [6.07, 6.45) is 0. The van der Waals surface area contributed by atoms with Gasteiger partial charge in [-0.25, -0.2) is 8.78 Å². The molecular formula is C11H15ClF2N2O. The van der Waals surface area contributed by atoms with E-state index >= 15 is 0 Å². The van der Waals surface area contributed by atoms with E-state index in [9.17, 15) is 13.6 Å². The number of carbonyl (C=O) groups excluding carboxylic acids is 1. The van der Waals surface area contributed by atoms with Crippen molar-refractivity contribution < 1.29 is 13.6 Å². The van der Waals surface area contributed by atoms with Crippen molar-refractivity contribution in [1.82, 2.24) is 0 Å². The van der Waals surface area contributed by atoms with E-state index in [0.717, 1.165) is 6.07 Å². The third-order valence-corrected chi connectivity index (χ3v) is 2.39. The van der Waals surface area contributed by atoms with Crippen LogP contribution in [-0.4, -0.2) is 11.9 Å². The van der Waals surface area contributed by atoms with Crippen molar-refractivity contribution in [2.24, 2.45) is 11.7 Å². The lowest BCUT2D eigenvalue weighted by molar-refractivity contribution is -0.119. The molecule has 2 atom stereocenters. The monoisotopic (exact) mass is 264 g/mol. The Morgan fingerprint density at radius 3 is 2.41 bits per heavy atom. The summed E-state index contributed by atoms with van der Waals surface area (Å²) >= 11 is 0. The van der Waals surface area contributed by atoms with Gasteiger partial charge >= 0.3 is 0 Å². The van der Waals surface area contributed by atoms with Crippen LogP contribution in [0.4, 0.5) is 14.5 Å². The quantitative estimate of drug-likeness (QED) is 0.880. The normalized spacial score (nSPS) is 13.5. The van der Waals surface area contributed by atoms with Gasteiger partial charge in [-0.3, -0.25) is 4.79 Å². The largest absolute Gasteiger partial charge is 0.327 e. The number of nitrogens with one attached hydrogen (secondary N) is 1. The summed E-state index contributed by atoms with van der Waals surface area (Å²) in [4.78, 5) is 11.5. The molecule has 1 aromatic rings. The van der Waals surface area contributed by atoms with Crippen LogP contribution < -0.4 is 11.1 Å². The Morgan fingerprint density at radius 1 is 1.35 bits per heavy atom. The van der Waals surface area contributed by atoms with Gasteiger partial charge in [-0.2, -0.15) is 0 Å². The fourth-order valence-corrected chi connectivity index (χ4v) is 1.08. The molecule has 0 spiro atoms. The first-order valence-corrected chi connectivity index (χ1v) is 4.93. The zero-order chi connectivity index (χ0) is 12.3. The Balaban J connectivity index is 0.00000256. The maximum atomic E-state index is 13.2. The standard InChI is InChI=1S/C11H14F2N2O.ClH/c1-6(7(2)14)11(16)15-10-4-3-8(12)5-9(10)13;/h3-7H,14H2,1-2H3,(H,15,16);1H. The number of anilines is 1. The number of benzene rings is 1. The first-order valence-electron chi connectivity index (χ1n) is 4.93. The summed E-state index contributed by atoms with van der Waals surface area (Å²) in [7, 11) is 0. The van der Waals surface area contributed by atoms with Crippen LogP contribution in [0.1, 0.15) is 13.8 Å². The van der Waals surface area contributed by atoms with E-state index in [1.54, 1.807) is 13.8 Å². The average molecular weight is 265 g/mol. The Kier molecular flexibility index (Phi) is 6.05. The molecule has 0 aliphatic carbocycles. The van der Waals surface area contributed by atoms with Gasteiger partial charge in [0.05, 0.1) is 11.6 Å². The van der Waals surface area contributed by atoms with E-state index in [1.807, 2.05) is 0 Å². The van der Waals surface area contributed by atoms with Gasteiger partial charge in [-0.05, 0) is 19.1 Å². The summed E-state index contributed by atoms with van der Waals surface area (Å²) in [5.74, 6) is -2.31. The second-order valence-corrected chi connectivity index (χ2v) is 3.76. The molecule has 1 aromatic carbocycles. The fourth-order valence-electron chi connectivity index (χ4n) is 1.08. The van der Waals surface area contributed by atoms with Crippen molar-refractivity contribution in [3.05, 3.63) is 29.8 Å². The molecule has 6 heteroatoms. The number of hydrogen-bond donors (Lipinski definition) is 2. The Hall–Kier alpha value is -1.20. The van der Waals surface area contributed by atoms with Gasteiger partial charge in [0.1, 0.15) is 11.6 Å². The number of nitrogens with two attached hydrogens (primary N) is 1. The molecule has 0 aliphatic heterocycles. The van der Waals surface area contributed by atoms with Crippen molar-refractivity contribution in [3.8, 4) is 0 Å². The molecular weight excluding hydrogens is 250 g/mol. The summed E-state index contributed by atoms with van der Waals surface area (Å²) in [6.45, 7) is 3.33. The molecule has 0 heterocycles. The second kappa shape index (κ2) is 6.51. The molecule has 3 nitrogen and oxygen atoms in total. The van der Waals surface area contributed by atoms with E-state index in [1.165, 1.54) is 6.07 Å². The molecule has 0 aliphatic rings. The summed E-state index contributed by atoms with van der Waals surface area (Å²) < 4.78 is 25.8. The number of carbonyl (C=O) groups is 1. The lowest BCUT2D eigenvalue weighted by Crippen LogP contribution is -2.34. The summed E-state index contributed by atoms with van der Waals surface area (Å²) in [5.41, 5.74) is 5.50. The third kappa shape index (κ3) is 4.28. The number of rotatable bonds is 3. The predicted molar refractivity (Wildman–Crippen MR) is 65.0 cm³/mol. The molecule has 96 valence electrons. The lowest BCUT2D eigenvalue weighted by Gasteiger charge is -2.15. The molecule has 0 radical (unpaired) electrons. The number of hydrogen-bond acceptors (Lipinski definition) is 2. The van der Waals surface area contributed by atoms with Gasteiger partial charge in [0.15, 0.2) is 0 Å². The van der Waals surface area contributed by atoms with Crippen LogP contribution in [0.25, 0.3) is 0 Å². The molecule has 3 N–H and O–H groups in total. The molecule has 17 heavy (non-hydrogen) atoms. The number of amides is 1. The lowest BCUT2D eigenvalue weighted by atomic mass is 10.0. The van der Waals surface area contributed by atoms with E-state index in [2.05, 4.69) is 5.32 Å². The van der Waals surface area contributed by atoms with Crippen molar-refractivity contribution in [2.75, 3.05) is 5.32 Å². The fraction of sp³-hybridized carbons (Fsp3) is 0.364. The zero-order valence-corrected chi connectivity index (χ0v) is 10.4. The highest BCUT2D eigenvalue weighted by Gasteiger charge is 2.18. The maximum absolute atomic E-state index is 13.2. The van der Waals surface area contributed by atoms with E-state index in [-0.39, 0.29) is 30.0 Å². The Morgan fingerprint density at radius 2 is 1.94 bits per heavy atom. The van der Waals surface area contributed by atoms with Crippen LogP contribution in [0.5, 0.6) is 0 Å². The van der Waals surface area contributed by atoms with Crippen molar-refractivity contribution in [1.29, 1.82) is 0 Å². The van der Waals surface area contributed by atoms with Gasteiger partial charge in [-0.15, -0.1) is 12.4 Å². The minimum atomic E-state index is -0.801. The predicted octanol–water partition coefficient (Wildman–Crippen LogP) is 2.31. The highest BCUT2D eigenvalue weighted by atomic mass is 35.5.